The Hall–Kier alpha value is -1.20. The molecule has 0 aliphatic heterocycles. The van der Waals surface area contributed by atoms with Crippen molar-refractivity contribution in [2.75, 3.05) is 7.11 Å². The Bertz CT molecular complexity index is 343. The maximum atomic E-state index is 8.70. The van der Waals surface area contributed by atoms with Crippen molar-refractivity contribution in [3.63, 3.8) is 0 Å². The highest BCUT2D eigenvalue weighted by Crippen LogP contribution is 2.27. The van der Waals surface area contributed by atoms with E-state index in [1.807, 2.05) is 13.0 Å². The lowest BCUT2D eigenvalue weighted by Crippen LogP contribution is -1.91. The van der Waals surface area contributed by atoms with Gasteiger partial charge in [-0.1, -0.05) is 17.7 Å². The van der Waals surface area contributed by atoms with Crippen molar-refractivity contribution in [3.05, 3.63) is 28.8 Å². The Labute approximate surface area is 82.7 Å². The van der Waals surface area contributed by atoms with Gasteiger partial charge in [-0.05, 0) is 24.6 Å². The van der Waals surface area contributed by atoms with Gasteiger partial charge in [-0.3, -0.25) is 0 Å². The molecule has 0 saturated carbocycles. The molecule has 0 radical (unpaired) electrons. The summed E-state index contributed by atoms with van der Waals surface area (Å²) in [4.78, 5) is 0. The maximum Gasteiger partial charge on any atom is 0.120 e. The van der Waals surface area contributed by atoms with Crippen LogP contribution in [0.2, 0.25) is 5.02 Å². The standard InChI is InChI=1S/C10H10ClNO/c1-7(6-12)9-4-3-8(13-2)5-10(9)11/h3-5,7H,1-2H3. The van der Waals surface area contributed by atoms with E-state index in [9.17, 15) is 0 Å². The summed E-state index contributed by atoms with van der Waals surface area (Å²) in [5.74, 6) is 0.525. The molecule has 68 valence electrons. The molecule has 0 saturated heterocycles. The van der Waals surface area contributed by atoms with Crippen LogP contribution in [0.5, 0.6) is 5.75 Å². The topological polar surface area (TPSA) is 33.0 Å². The zero-order valence-corrected chi connectivity index (χ0v) is 8.30. The van der Waals surface area contributed by atoms with Crippen LogP contribution in [0, 0.1) is 11.3 Å². The molecule has 1 aromatic rings. The number of ether oxygens (including phenoxy) is 1. The van der Waals surface area contributed by atoms with Crippen LogP contribution in [-0.4, -0.2) is 7.11 Å². The van der Waals surface area contributed by atoms with Gasteiger partial charge in [0.05, 0.1) is 19.1 Å². The van der Waals surface area contributed by atoms with Gasteiger partial charge in [0.25, 0.3) is 0 Å². The van der Waals surface area contributed by atoms with Crippen LogP contribution in [-0.2, 0) is 0 Å². The predicted octanol–water partition coefficient (Wildman–Crippen LogP) is 2.98. The third-order valence-electron chi connectivity index (χ3n) is 1.87. The van der Waals surface area contributed by atoms with Crippen molar-refractivity contribution in [2.45, 2.75) is 12.8 Å². The number of nitrogens with zero attached hydrogens (tertiary/aromatic N) is 1. The molecule has 2 nitrogen and oxygen atoms in total. The summed E-state index contributed by atoms with van der Waals surface area (Å²) in [6.07, 6.45) is 0. The second-order valence-electron chi connectivity index (χ2n) is 2.74. The number of benzene rings is 1. The molecule has 0 N–H and O–H groups in total. The average Bonchev–Trinajstić information content (AvgIpc) is 2.16. The van der Waals surface area contributed by atoms with Gasteiger partial charge in [0, 0.05) is 5.02 Å². The molecule has 0 heterocycles. The van der Waals surface area contributed by atoms with Gasteiger partial charge in [-0.15, -0.1) is 0 Å². The third-order valence-corrected chi connectivity index (χ3v) is 2.20. The van der Waals surface area contributed by atoms with Crippen molar-refractivity contribution >= 4 is 11.6 Å². The van der Waals surface area contributed by atoms with E-state index < -0.39 is 0 Å². The summed E-state index contributed by atoms with van der Waals surface area (Å²) >= 11 is 5.95. The van der Waals surface area contributed by atoms with Gasteiger partial charge in [0.2, 0.25) is 0 Å². The van der Waals surface area contributed by atoms with Crippen molar-refractivity contribution in [1.82, 2.24) is 0 Å². The van der Waals surface area contributed by atoms with Gasteiger partial charge in [-0.25, -0.2) is 0 Å². The molecule has 0 amide bonds. The first-order valence-electron chi connectivity index (χ1n) is 3.92. The number of hydrogen-bond acceptors (Lipinski definition) is 2. The average molecular weight is 196 g/mol. The van der Waals surface area contributed by atoms with Gasteiger partial charge in [0.1, 0.15) is 5.75 Å². The minimum atomic E-state index is -0.182. The number of rotatable bonds is 2. The zero-order valence-electron chi connectivity index (χ0n) is 7.54. The molecule has 1 aromatic carbocycles. The quantitative estimate of drug-likeness (QED) is 0.727. The van der Waals surface area contributed by atoms with Crippen molar-refractivity contribution in [3.8, 4) is 11.8 Å². The highest BCUT2D eigenvalue weighted by Gasteiger charge is 2.08. The van der Waals surface area contributed by atoms with Crippen molar-refractivity contribution < 1.29 is 4.74 Å². The Morgan fingerprint density at radius 2 is 2.23 bits per heavy atom. The van der Waals surface area contributed by atoms with E-state index in [-0.39, 0.29) is 5.92 Å². The first kappa shape index (κ1) is 9.88. The molecule has 3 heteroatoms. The van der Waals surface area contributed by atoms with Crippen LogP contribution in [0.4, 0.5) is 0 Å². The molecular weight excluding hydrogens is 186 g/mol. The number of hydrogen-bond donors (Lipinski definition) is 0. The third kappa shape index (κ3) is 2.13. The smallest absolute Gasteiger partial charge is 0.120 e. The second-order valence-corrected chi connectivity index (χ2v) is 3.15. The minimum absolute atomic E-state index is 0.182. The van der Waals surface area contributed by atoms with Crippen molar-refractivity contribution in [2.24, 2.45) is 0 Å². The summed E-state index contributed by atoms with van der Waals surface area (Å²) in [6.45, 7) is 1.81. The van der Waals surface area contributed by atoms with E-state index in [0.29, 0.717) is 10.8 Å². The van der Waals surface area contributed by atoms with E-state index in [0.717, 1.165) is 5.56 Å². The first-order valence-corrected chi connectivity index (χ1v) is 4.30. The molecule has 1 unspecified atom stereocenters. The second kappa shape index (κ2) is 4.15. The fourth-order valence-corrected chi connectivity index (χ4v) is 1.39. The van der Waals surface area contributed by atoms with Gasteiger partial charge < -0.3 is 4.74 Å². The number of halogens is 1. The molecule has 0 aliphatic rings. The largest absolute Gasteiger partial charge is 0.497 e. The lowest BCUT2D eigenvalue weighted by molar-refractivity contribution is 0.414. The summed E-state index contributed by atoms with van der Waals surface area (Å²) in [7, 11) is 1.58. The van der Waals surface area contributed by atoms with Crippen LogP contribution in [0.1, 0.15) is 18.4 Å². The summed E-state index contributed by atoms with van der Waals surface area (Å²) in [5.41, 5.74) is 0.838. The normalized spacial score (nSPS) is 11.8. The lowest BCUT2D eigenvalue weighted by Gasteiger charge is -2.07. The van der Waals surface area contributed by atoms with Gasteiger partial charge >= 0.3 is 0 Å². The highest BCUT2D eigenvalue weighted by molar-refractivity contribution is 6.31. The number of methoxy groups -OCH3 is 1. The highest BCUT2D eigenvalue weighted by atomic mass is 35.5. The van der Waals surface area contributed by atoms with Gasteiger partial charge in [-0.2, -0.15) is 5.26 Å². The van der Waals surface area contributed by atoms with Crippen LogP contribution in [0.25, 0.3) is 0 Å². The molecule has 0 fully saturated rings. The van der Waals surface area contributed by atoms with E-state index in [1.165, 1.54) is 0 Å². The minimum Gasteiger partial charge on any atom is -0.497 e. The van der Waals surface area contributed by atoms with E-state index in [2.05, 4.69) is 6.07 Å². The SMILES string of the molecule is COc1ccc(C(C)C#N)c(Cl)c1. The molecule has 0 spiro atoms. The molecule has 13 heavy (non-hydrogen) atoms. The van der Waals surface area contributed by atoms with Gasteiger partial charge in [0.15, 0.2) is 0 Å². The Kier molecular flexibility index (Phi) is 3.16. The maximum absolute atomic E-state index is 8.70. The molecule has 0 aromatic heterocycles. The summed E-state index contributed by atoms with van der Waals surface area (Å²) < 4.78 is 5.00. The fourth-order valence-electron chi connectivity index (χ4n) is 1.06. The van der Waals surface area contributed by atoms with Crippen LogP contribution >= 0.6 is 11.6 Å². The van der Waals surface area contributed by atoms with Crippen LogP contribution < -0.4 is 4.74 Å². The molecule has 1 atom stereocenters. The summed E-state index contributed by atoms with van der Waals surface area (Å²) in [5, 5.41) is 9.28. The van der Waals surface area contributed by atoms with E-state index in [1.54, 1.807) is 19.2 Å². The zero-order chi connectivity index (χ0) is 9.84. The molecular formula is C10H10ClNO. The van der Waals surface area contributed by atoms with Crippen LogP contribution in [0.15, 0.2) is 18.2 Å². The van der Waals surface area contributed by atoms with E-state index in [4.69, 9.17) is 21.6 Å². The van der Waals surface area contributed by atoms with Crippen molar-refractivity contribution in [1.29, 1.82) is 5.26 Å². The molecule has 0 aliphatic carbocycles. The first-order chi connectivity index (χ1) is 6.19. The van der Waals surface area contributed by atoms with E-state index >= 15 is 0 Å². The van der Waals surface area contributed by atoms with Crippen LogP contribution in [0.3, 0.4) is 0 Å². The monoisotopic (exact) mass is 195 g/mol. The summed E-state index contributed by atoms with van der Waals surface area (Å²) in [6, 6.07) is 7.46. The number of nitriles is 1. The fraction of sp³-hybridized carbons (Fsp3) is 0.300. The molecule has 1 rings (SSSR count). The Morgan fingerprint density at radius 1 is 1.54 bits per heavy atom. The molecule has 0 bridgehead atoms. The Morgan fingerprint density at radius 3 is 2.69 bits per heavy atom. The predicted molar refractivity (Wildman–Crippen MR) is 52.0 cm³/mol. The Balaban J connectivity index is 3.06. The lowest BCUT2D eigenvalue weighted by atomic mass is 10.0.